The molecule has 1 aliphatic carbocycles. The number of alkyl halides is 1. The largest absolute Gasteiger partial charge is 0.496 e. The summed E-state index contributed by atoms with van der Waals surface area (Å²) in [4.78, 5) is 29.3. The van der Waals surface area contributed by atoms with E-state index in [9.17, 15) is 18.4 Å². The van der Waals surface area contributed by atoms with E-state index in [1.807, 2.05) is 0 Å². The van der Waals surface area contributed by atoms with Gasteiger partial charge in [-0.2, -0.15) is 5.10 Å². The van der Waals surface area contributed by atoms with Crippen LogP contribution >= 0.6 is 0 Å². The fourth-order valence-corrected chi connectivity index (χ4v) is 3.97. The summed E-state index contributed by atoms with van der Waals surface area (Å²) in [5.41, 5.74) is 7.75. The lowest BCUT2D eigenvalue weighted by Crippen LogP contribution is -2.24. The van der Waals surface area contributed by atoms with E-state index < -0.39 is 29.5 Å². The van der Waals surface area contributed by atoms with Gasteiger partial charge >= 0.3 is 0 Å². The summed E-state index contributed by atoms with van der Waals surface area (Å²) in [6.07, 6.45) is 2.58. The van der Waals surface area contributed by atoms with Gasteiger partial charge in [-0.15, -0.1) is 0 Å². The van der Waals surface area contributed by atoms with Crippen molar-refractivity contribution >= 4 is 22.6 Å². The molecule has 1 amide bonds. The summed E-state index contributed by atoms with van der Waals surface area (Å²) in [6, 6.07) is 6.74. The number of benzene rings is 1. The van der Waals surface area contributed by atoms with Crippen LogP contribution < -0.4 is 21.3 Å². The highest BCUT2D eigenvalue weighted by Gasteiger charge is 2.40. The maximum Gasteiger partial charge on any atom is 0.288 e. The number of nitrogens with one attached hydrogen (secondary N) is 2. The number of nitrogen functional groups attached to an aromatic ring is 1. The molecule has 1 fully saturated rings. The third-order valence-corrected chi connectivity index (χ3v) is 5.79. The molecule has 34 heavy (non-hydrogen) atoms. The van der Waals surface area contributed by atoms with Crippen molar-refractivity contribution in [3.05, 3.63) is 70.2 Å². The van der Waals surface area contributed by atoms with E-state index in [4.69, 9.17) is 10.5 Å². The Balaban J connectivity index is 1.40. The number of hydrogen-bond donors (Lipinski definition) is 3. The fraction of sp³-hybridized carbons (Fsp3) is 0.217. The summed E-state index contributed by atoms with van der Waals surface area (Å²) in [7, 11) is 1.40. The van der Waals surface area contributed by atoms with E-state index in [0.717, 1.165) is 6.07 Å². The highest BCUT2D eigenvalue weighted by Crippen LogP contribution is 2.43. The molecule has 3 aromatic heterocycles. The topological polar surface area (TPSA) is 128 Å². The standard InChI is InChI=1S/C23H20F2N6O3/c1-34-18-5-3-12(24)6-14(18)22(32)28-9-13-4-2-11(8-27-13)15-10-31(17-7-16(17)25)20-19(15)21(26)29-30-23(20)33/h2-6,8,10,16-17H,7,9H2,1H3,(H2,26,29)(H,28,32)(H,30,33)/t16-,17+/m0/s1. The van der Waals surface area contributed by atoms with Crippen molar-refractivity contribution in [3.8, 4) is 16.9 Å². The van der Waals surface area contributed by atoms with Gasteiger partial charge in [-0.25, -0.2) is 13.9 Å². The Bertz CT molecular complexity index is 1460. The molecule has 9 nitrogen and oxygen atoms in total. The van der Waals surface area contributed by atoms with E-state index in [1.54, 1.807) is 29.1 Å². The van der Waals surface area contributed by atoms with Crippen LogP contribution in [0, 0.1) is 5.82 Å². The minimum Gasteiger partial charge on any atom is -0.496 e. The molecule has 0 bridgehead atoms. The van der Waals surface area contributed by atoms with E-state index >= 15 is 0 Å². The lowest BCUT2D eigenvalue weighted by Gasteiger charge is -2.09. The molecule has 1 aliphatic rings. The molecule has 4 N–H and O–H groups in total. The zero-order valence-electron chi connectivity index (χ0n) is 18.0. The van der Waals surface area contributed by atoms with Gasteiger partial charge in [-0.1, -0.05) is 6.07 Å². The summed E-state index contributed by atoms with van der Waals surface area (Å²) in [6.45, 7) is 0.0928. The van der Waals surface area contributed by atoms with Crippen LogP contribution in [0.3, 0.4) is 0 Å². The monoisotopic (exact) mass is 466 g/mol. The number of rotatable bonds is 6. The van der Waals surface area contributed by atoms with Gasteiger partial charge in [0.05, 0.1) is 36.3 Å². The van der Waals surface area contributed by atoms with Gasteiger partial charge in [0.2, 0.25) is 0 Å². The summed E-state index contributed by atoms with van der Waals surface area (Å²) < 4.78 is 34.0. The average molecular weight is 466 g/mol. The average Bonchev–Trinajstić information content (AvgIpc) is 3.42. The molecule has 5 rings (SSSR count). The van der Waals surface area contributed by atoms with Gasteiger partial charge in [-0.05, 0) is 24.3 Å². The first kappa shape index (κ1) is 21.6. The number of fused-ring (bicyclic) bond motifs is 1. The van der Waals surface area contributed by atoms with Gasteiger partial charge in [-0.3, -0.25) is 14.6 Å². The molecule has 1 saturated carbocycles. The van der Waals surface area contributed by atoms with Crippen LogP contribution in [-0.2, 0) is 6.54 Å². The second kappa shape index (κ2) is 8.25. The number of nitrogens with zero attached hydrogens (tertiary/aromatic N) is 3. The number of methoxy groups -OCH3 is 1. The van der Waals surface area contributed by atoms with Crippen molar-refractivity contribution in [1.82, 2.24) is 25.1 Å². The Morgan fingerprint density at radius 2 is 2.15 bits per heavy atom. The Hall–Kier alpha value is -4.28. The van der Waals surface area contributed by atoms with Crippen LogP contribution in [0.25, 0.3) is 22.0 Å². The van der Waals surface area contributed by atoms with Crippen molar-refractivity contribution in [1.29, 1.82) is 0 Å². The van der Waals surface area contributed by atoms with Gasteiger partial charge in [0.15, 0.2) is 5.82 Å². The number of carbonyl (C=O) groups is 1. The van der Waals surface area contributed by atoms with Gasteiger partial charge in [0.1, 0.15) is 23.3 Å². The fourth-order valence-electron chi connectivity index (χ4n) is 3.97. The molecule has 0 spiro atoms. The number of pyridine rings is 1. The number of aromatic nitrogens is 4. The number of aromatic amines is 1. The van der Waals surface area contributed by atoms with Crippen LogP contribution in [0.4, 0.5) is 14.6 Å². The first-order valence-electron chi connectivity index (χ1n) is 10.5. The van der Waals surface area contributed by atoms with E-state index in [0.29, 0.717) is 28.6 Å². The third kappa shape index (κ3) is 3.74. The third-order valence-electron chi connectivity index (χ3n) is 5.79. The summed E-state index contributed by atoms with van der Waals surface area (Å²) >= 11 is 0. The quantitative estimate of drug-likeness (QED) is 0.401. The molecular weight excluding hydrogens is 446 g/mol. The van der Waals surface area contributed by atoms with Crippen LogP contribution in [-0.4, -0.2) is 38.9 Å². The Morgan fingerprint density at radius 1 is 1.35 bits per heavy atom. The van der Waals surface area contributed by atoms with Crippen LogP contribution in [0.5, 0.6) is 5.75 Å². The Morgan fingerprint density at radius 3 is 2.82 bits per heavy atom. The lowest BCUT2D eigenvalue weighted by atomic mass is 10.1. The molecule has 0 aliphatic heterocycles. The maximum atomic E-state index is 13.8. The van der Waals surface area contributed by atoms with Gasteiger partial charge in [0, 0.05) is 29.9 Å². The van der Waals surface area contributed by atoms with Crippen molar-refractivity contribution in [2.24, 2.45) is 0 Å². The molecule has 0 unspecified atom stereocenters. The lowest BCUT2D eigenvalue weighted by molar-refractivity contribution is 0.0947. The number of carbonyl (C=O) groups excluding carboxylic acids is 1. The molecule has 174 valence electrons. The molecule has 3 heterocycles. The smallest absolute Gasteiger partial charge is 0.288 e. The Labute approximate surface area is 191 Å². The van der Waals surface area contributed by atoms with E-state index in [-0.39, 0.29) is 29.2 Å². The predicted octanol–water partition coefficient (Wildman–Crippen LogP) is 2.73. The SMILES string of the molecule is COc1ccc(F)cc1C(=O)NCc1ccc(-c2cn([C@@H]3C[C@@H]3F)c3c(=O)[nH]nc(N)c23)cn1. The zero-order chi connectivity index (χ0) is 24.0. The maximum absolute atomic E-state index is 13.8. The van der Waals surface area contributed by atoms with Crippen molar-refractivity contribution < 1.29 is 18.3 Å². The second-order valence-electron chi connectivity index (χ2n) is 8.00. The van der Waals surface area contributed by atoms with Crippen molar-refractivity contribution in [3.63, 3.8) is 0 Å². The highest BCUT2D eigenvalue weighted by atomic mass is 19.1. The van der Waals surface area contributed by atoms with Gasteiger partial charge < -0.3 is 20.4 Å². The van der Waals surface area contributed by atoms with Crippen LogP contribution in [0.15, 0.2) is 47.5 Å². The molecular formula is C23H20F2N6O3. The first-order valence-corrected chi connectivity index (χ1v) is 10.5. The number of hydrogen-bond acceptors (Lipinski definition) is 6. The number of H-pyrrole nitrogens is 1. The summed E-state index contributed by atoms with van der Waals surface area (Å²) in [5, 5.41) is 9.31. The highest BCUT2D eigenvalue weighted by molar-refractivity contribution is 6.02. The molecule has 2 atom stereocenters. The molecule has 4 aromatic rings. The van der Waals surface area contributed by atoms with Crippen molar-refractivity contribution in [2.75, 3.05) is 12.8 Å². The number of nitrogens with two attached hydrogens (primary N) is 1. The molecule has 1 aromatic carbocycles. The van der Waals surface area contributed by atoms with Crippen LogP contribution in [0.1, 0.15) is 28.5 Å². The van der Waals surface area contributed by atoms with E-state index in [2.05, 4.69) is 20.5 Å². The normalized spacial score (nSPS) is 17.0. The van der Waals surface area contributed by atoms with Crippen molar-refractivity contribution in [2.45, 2.75) is 25.2 Å². The van der Waals surface area contributed by atoms with Gasteiger partial charge in [0.25, 0.3) is 11.5 Å². The van der Waals surface area contributed by atoms with Crippen LogP contribution in [0.2, 0.25) is 0 Å². The minimum atomic E-state index is -1.02. The number of anilines is 1. The first-order chi connectivity index (χ1) is 16.4. The number of ether oxygens (including phenoxy) is 1. The molecule has 11 heteroatoms. The van der Waals surface area contributed by atoms with E-state index in [1.165, 1.54) is 19.2 Å². The molecule has 0 saturated heterocycles. The minimum absolute atomic E-state index is 0.0753. The second-order valence-corrected chi connectivity index (χ2v) is 8.00. The predicted molar refractivity (Wildman–Crippen MR) is 121 cm³/mol. The summed E-state index contributed by atoms with van der Waals surface area (Å²) in [5.74, 6) is -0.676. The molecule has 0 radical (unpaired) electrons. The number of halogens is 2. The zero-order valence-corrected chi connectivity index (χ0v) is 18.0. The Kier molecular flexibility index (Phi) is 5.23. The number of amides is 1.